The van der Waals surface area contributed by atoms with E-state index < -0.39 is 12.0 Å². The van der Waals surface area contributed by atoms with E-state index in [0.29, 0.717) is 5.92 Å². The van der Waals surface area contributed by atoms with Gasteiger partial charge in [-0.05, 0) is 50.8 Å². The molecule has 0 aliphatic heterocycles. The zero-order valence-electron chi connectivity index (χ0n) is 14.7. The second kappa shape index (κ2) is 8.54. The Bertz CT molecular complexity index is 619. The van der Waals surface area contributed by atoms with Crippen molar-refractivity contribution in [2.75, 3.05) is 6.54 Å². The van der Waals surface area contributed by atoms with Crippen LogP contribution in [-0.4, -0.2) is 28.2 Å². The second-order valence-corrected chi connectivity index (χ2v) is 6.39. The number of hydrogen-bond acceptors (Lipinski definition) is 3. The number of aryl methyl sites for hydroxylation is 1. The number of nitrogens with zero attached hydrogens (tertiary/aromatic N) is 2. The molecule has 23 heavy (non-hydrogen) atoms. The Hall–Kier alpha value is -2.06. The van der Waals surface area contributed by atoms with Crippen molar-refractivity contribution in [1.82, 2.24) is 9.88 Å². The SMILES string of the molecule is Cc1cc(/C=C(/C#N)C(=O)NCC(C)O)c(C)n1CCC(C)C. The Labute approximate surface area is 138 Å². The summed E-state index contributed by atoms with van der Waals surface area (Å²) in [4.78, 5) is 12.0. The predicted molar refractivity (Wildman–Crippen MR) is 91.6 cm³/mol. The maximum absolute atomic E-state index is 12.0. The van der Waals surface area contributed by atoms with E-state index in [1.54, 1.807) is 13.0 Å². The Morgan fingerprint density at radius 3 is 2.61 bits per heavy atom. The molecule has 5 heteroatoms. The van der Waals surface area contributed by atoms with Crippen molar-refractivity contribution in [3.05, 3.63) is 28.6 Å². The lowest BCUT2D eigenvalue weighted by Gasteiger charge is -2.11. The summed E-state index contributed by atoms with van der Waals surface area (Å²) in [5.74, 6) is 0.163. The molecule has 0 aliphatic carbocycles. The highest BCUT2D eigenvalue weighted by atomic mass is 16.3. The number of amides is 1. The topological polar surface area (TPSA) is 78.1 Å². The van der Waals surface area contributed by atoms with Crippen LogP contribution in [0.1, 0.15) is 44.1 Å². The molecule has 1 rings (SSSR count). The van der Waals surface area contributed by atoms with Crippen molar-refractivity contribution in [1.29, 1.82) is 5.26 Å². The number of aromatic nitrogens is 1. The Balaban J connectivity index is 2.99. The summed E-state index contributed by atoms with van der Waals surface area (Å²) >= 11 is 0. The zero-order chi connectivity index (χ0) is 17.6. The van der Waals surface area contributed by atoms with E-state index in [0.717, 1.165) is 29.9 Å². The van der Waals surface area contributed by atoms with Crippen molar-refractivity contribution < 1.29 is 9.90 Å². The van der Waals surface area contributed by atoms with Crippen LogP contribution in [-0.2, 0) is 11.3 Å². The molecule has 0 saturated carbocycles. The third-order valence-electron chi connectivity index (χ3n) is 3.77. The Morgan fingerprint density at radius 2 is 2.09 bits per heavy atom. The zero-order valence-corrected chi connectivity index (χ0v) is 14.7. The number of nitriles is 1. The highest BCUT2D eigenvalue weighted by molar-refractivity contribution is 6.01. The van der Waals surface area contributed by atoms with Gasteiger partial charge in [0.15, 0.2) is 0 Å². The van der Waals surface area contributed by atoms with Gasteiger partial charge in [-0.3, -0.25) is 4.79 Å². The van der Waals surface area contributed by atoms with E-state index in [-0.39, 0.29) is 12.1 Å². The molecule has 0 fully saturated rings. The summed E-state index contributed by atoms with van der Waals surface area (Å²) in [6, 6.07) is 3.93. The summed E-state index contributed by atoms with van der Waals surface area (Å²) in [5, 5.41) is 21.0. The van der Waals surface area contributed by atoms with Crippen molar-refractivity contribution in [2.24, 2.45) is 5.92 Å². The highest BCUT2D eigenvalue weighted by Gasteiger charge is 2.13. The van der Waals surface area contributed by atoms with Crippen LogP contribution in [0.15, 0.2) is 11.6 Å². The Kier molecular flexibility index (Phi) is 7.05. The molecule has 0 radical (unpaired) electrons. The van der Waals surface area contributed by atoms with Crippen molar-refractivity contribution in [3.63, 3.8) is 0 Å². The largest absolute Gasteiger partial charge is 0.392 e. The van der Waals surface area contributed by atoms with Crippen LogP contribution in [0.3, 0.4) is 0 Å². The van der Waals surface area contributed by atoms with Gasteiger partial charge in [0.1, 0.15) is 11.6 Å². The lowest BCUT2D eigenvalue weighted by molar-refractivity contribution is -0.117. The summed E-state index contributed by atoms with van der Waals surface area (Å²) in [6.07, 6.45) is 2.06. The molecule has 5 nitrogen and oxygen atoms in total. The highest BCUT2D eigenvalue weighted by Crippen LogP contribution is 2.19. The number of aliphatic hydroxyl groups excluding tert-OH is 1. The number of carbonyl (C=O) groups excluding carboxylic acids is 1. The monoisotopic (exact) mass is 317 g/mol. The van der Waals surface area contributed by atoms with Gasteiger partial charge in [-0.25, -0.2) is 0 Å². The van der Waals surface area contributed by atoms with Crippen molar-refractivity contribution >= 4 is 12.0 Å². The van der Waals surface area contributed by atoms with Crippen LogP contribution in [0.5, 0.6) is 0 Å². The number of hydrogen-bond donors (Lipinski definition) is 2. The first-order chi connectivity index (χ1) is 10.8. The average Bonchev–Trinajstić information content (AvgIpc) is 2.74. The molecule has 0 aromatic carbocycles. The molecule has 0 spiro atoms. The quantitative estimate of drug-likeness (QED) is 0.599. The summed E-state index contributed by atoms with van der Waals surface area (Å²) in [6.45, 7) is 11.1. The fourth-order valence-corrected chi connectivity index (χ4v) is 2.34. The molecule has 1 atom stereocenters. The Morgan fingerprint density at radius 1 is 1.43 bits per heavy atom. The van der Waals surface area contributed by atoms with Crippen molar-refractivity contribution in [2.45, 2.75) is 53.7 Å². The van der Waals surface area contributed by atoms with Gasteiger partial charge in [-0.15, -0.1) is 0 Å². The molecule has 1 amide bonds. The van der Waals surface area contributed by atoms with E-state index in [1.165, 1.54) is 0 Å². The molecule has 1 heterocycles. The fraction of sp³-hybridized carbons (Fsp3) is 0.556. The van der Waals surface area contributed by atoms with Gasteiger partial charge >= 0.3 is 0 Å². The van der Waals surface area contributed by atoms with Crippen LogP contribution in [0, 0.1) is 31.1 Å². The van der Waals surface area contributed by atoms with Crippen LogP contribution in [0.25, 0.3) is 6.08 Å². The van der Waals surface area contributed by atoms with E-state index in [9.17, 15) is 15.2 Å². The normalized spacial score (nSPS) is 13.0. The first kappa shape index (κ1) is 19.0. The molecular weight excluding hydrogens is 290 g/mol. The molecular formula is C18H27N3O2. The van der Waals surface area contributed by atoms with E-state index in [1.807, 2.05) is 26.0 Å². The van der Waals surface area contributed by atoms with Gasteiger partial charge in [-0.2, -0.15) is 5.26 Å². The summed E-state index contributed by atoms with van der Waals surface area (Å²) < 4.78 is 2.22. The molecule has 1 aromatic rings. The third-order valence-corrected chi connectivity index (χ3v) is 3.77. The van der Waals surface area contributed by atoms with E-state index in [4.69, 9.17) is 0 Å². The fourth-order valence-electron chi connectivity index (χ4n) is 2.34. The number of aliphatic hydroxyl groups is 1. The van der Waals surface area contributed by atoms with Crippen molar-refractivity contribution in [3.8, 4) is 6.07 Å². The number of rotatable bonds is 7. The average molecular weight is 317 g/mol. The lowest BCUT2D eigenvalue weighted by atomic mass is 10.1. The number of carbonyl (C=O) groups is 1. The second-order valence-electron chi connectivity index (χ2n) is 6.39. The van der Waals surface area contributed by atoms with Crippen LogP contribution in [0.4, 0.5) is 0 Å². The minimum atomic E-state index is -0.639. The molecule has 0 saturated heterocycles. The van der Waals surface area contributed by atoms with Gasteiger partial charge in [0.2, 0.25) is 0 Å². The molecule has 1 unspecified atom stereocenters. The summed E-state index contributed by atoms with van der Waals surface area (Å²) in [5.41, 5.74) is 3.11. The minimum Gasteiger partial charge on any atom is -0.392 e. The number of nitrogens with one attached hydrogen (secondary N) is 1. The van der Waals surface area contributed by atoms with E-state index >= 15 is 0 Å². The van der Waals surface area contributed by atoms with Crippen LogP contribution >= 0.6 is 0 Å². The van der Waals surface area contributed by atoms with Gasteiger partial charge in [0, 0.05) is 24.5 Å². The maximum atomic E-state index is 12.0. The molecule has 1 aromatic heterocycles. The van der Waals surface area contributed by atoms with Gasteiger partial charge < -0.3 is 15.0 Å². The minimum absolute atomic E-state index is 0.0507. The predicted octanol–water partition coefficient (Wildman–Crippen LogP) is 2.56. The van der Waals surface area contributed by atoms with Crippen LogP contribution < -0.4 is 5.32 Å². The van der Waals surface area contributed by atoms with Gasteiger partial charge in [0.25, 0.3) is 5.91 Å². The van der Waals surface area contributed by atoms with E-state index in [2.05, 4.69) is 23.7 Å². The maximum Gasteiger partial charge on any atom is 0.262 e. The smallest absolute Gasteiger partial charge is 0.262 e. The van der Waals surface area contributed by atoms with Gasteiger partial charge in [-0.1, -0.05) is 13.8 Å². The molecule has 0 bridgehead atoms. The standard InChI is InChI=1S/C18H27N3O2/c1-12(2)6-7-21-13(3)8-16(15(21)5)9-17(10-19)18(23)20-11-14(4)22/h8-9,12,14,22H,6-7,11H2,1-5H3,(H,20,23)/b17-9-. The molecule has 126 valence electrons. The first-order valence-electron chi connectivity index (χ1n) is 8.01. The van der Waals surface area contributed by atoms with Gasteiger partial charge in [0.05, 0.1) is 6.10 Å². The molecule has 2 N–H and O–H groups in total. The third kappa shape index (κ3) is 5.57. The lowest BCUT2D eigenvalue weighted by Crippen LogP contribution is -2.31. The van der Waals surface area contributed by atoms with Crippen LogP contribution in [0.2, 0.25) is 0 Å². The molecule has 0 aliphatic rings. The summed E-state index contributed by atoms with van der Waals surface area (Å²) in [7, 11) is 0. The first-order valence-corrected chi connectivity index (χ1v) is 8.01.